The molecular formula is C67H65N3O. The predicted molar refractivity (Wildman–Crippen MR) is 307 cm³/mol. The Morgan fingerprint density at radius 1 is 0.380 bits per heavy atom. The van der Waals surface area contributed by atoms with Crippen LogP contribution in [0.4, 0.5) is 17.1 Å². The second-order valence-corrected chi connectivity index (χ2v) is 25.4. The van der Waals surface area contributed by atoms with Gasteiger partial charge in [-0.05, 0) is 129 Å². The average Bonchev–Trinajstić information content (AvgIpc) is 4.11. The largest absolute Gasteiger partial charge is 0.454 e. The van der Waals surface area contributed by atoms with Gasteiger partial charge in [0.25, 0.3) is 0 Å². The predicted octanol–water partition coefficient (Wildman–Crippen LogP) is 19.7. The van der Waals surface area contributed by atoms with Crippen LogP contribution < -0.4 is 4.90 Å². The Morgan fingerprint density at radius 3 is 1.41 bits per heavy atom. The Kier molecular flexibility index (Phi) is 8.86. The van der Waals surface area contributed by atoms with Crippen LogP contribution in [-0.4, -0.2) is 8.80 Å². The van der Waals surface area contributed by atoms with Crippen molar-refractivity contribution in [3.05, 3.63) is 161 Å². The maximum Gasteiger partial charge on any atom is 0.159 e. The molecule has 0 saturated carbocycles. The number of benzene rings is 8. The summed E-state index contributed by atoms with van der Waals surface area (Å²) in [7, 11) is 0. The molecule has 5 aromatic heterocycles. The van der Waals surface area contributed by atoms with Gasteiger partial charge in [-0.2, -0.15) is 0 Å². The minimum absolute atomic E-state index is 0.0262. The van der Waals surface area contributed by atoms with Crippen molar-refractivity contribution in [3.63, 3.8) is 0 Å². The fourth-order valence-corrected chi connectivity index (χ4v) is 12.1. The molecule has 354 valence electrons. The molecule has 71 heavy (non-hydrogen) atoms. The van der Waals surface area contributed by atoms with Crippen molar-refractivity contribution < 1.29 is 4.42 Å². The van der Waals surface area contributed by atoms with Gasteiger partial charge < -0.3 is 18.1 Å². The fourth-order valence-electron chi connectivity index (χ4n) is 12.1. The highest BCUT2D eigenvalue weighted by Gasteiger charge is 2.29. The van der Waals surface area contributed by atoms with Gasteiger partial charge in [0, 0.05) is 70.8 Å². The molecule has 0 atom stereocenters. The Labute approximate surface area is 417 Å². The van der Waals surface area contributed by atoms with E-state index in [1.807, 2.05) is 0 Å². The molecule has 0 aliphatic heterocycles. The molecule has 0 spiro atoms. The second-order valence-electron chi connectivity index (χ2n) is 25.4. The second kappa shape index (κ2) is 14.3. The average molecular weight is 928 g/mol. The molecule has 5 heterocycles. The van der Waals surface area contributed by atoms with E-state index in [0.29, 0.717) is 5.92 Å². The summed E-state index contributed by atoms with van der Waals surface area (Å²) >= 11 is 0. The molecule has 0 bridgehead atoms. The molecule has 4 heteroatoms. The van der Waals surface area contributed by atoms with Crippen molar-refractivity contribution in [2.24, 2.45) is 0 Å². The molecule has 13 aromatic rings. The van der Waals surface area contributed by atoms with Gasteiger partial charge in [0.05, 0.1) is 38.8 Å². The lowest BCUT2D eigenvalue weighted by Crippen LogP contribution is -2.11. The van der Waals surface area contributed by atoms with Gasteiger partial charge in [0.15, 0.2) is 5.58 Å². The molecule has 8 aromatic carbocycles. The highest BCUT2D eigenvalue weighted by Crippen LogP contribution is 2.50. The fraction of sp³-hybridized carbons (Fsp3) is 0.284. The number of rotatable bonds is 4. The summed E-state index contributed by atoms with van der Waals surface area (Å²) in [6, 6.07) is 51.8. The van der Waals surface area contributed by atoms with Gasteiger partial charge in [-0.25, -0.2) is 0 Å². The van der Waals surface area contributed by atoms with E-state index in [0.717, 1.165) is 39.0 Å². The van der Waals surface area contributed by atoms with Crippen LogP contribution in [0.1, 0.15) is 131 Å². The van der Waals surface area contributed by atoms with Gasteiger partial charge in [-0.3, -0.25) is 0 Å². The Bertz CT molecular complexity index is 4330. The third-order valence-electron chi connectivity index (χ3n) is 16.1. The van der Waals surface area contributed by atoms with Crippen molar-refractivity contribution >= 4 is 115 Å². The summed E-state index contributed by atoms with van der Waals surface area (Å²) in [6.07, 6.45) is 0. The number of hydrogen-bond donors (Lipinski definition) is 0. The zero-order valence-electron chi connectivity index (χ0n) is 44.0. The smallest absolute Gasteiger partial charge is 0.159 e. The lowest BCUT2D eigenvalue weighted by atomic mass is 9.84. The third-order valence-corrected chi connectivity index (χ3v) is 16.1. The van der Waals surface area contributed by atoms with E-state index in [4.69, 9.17) is 4.42 Å². The first kappa shape index (κ1) is 43.9. The first-order valence-corrected chi connectivity index (χ1v) is 25.9. The summed E-state index contributed by atoms with van der Waals surface area (Å²) in [6.45, 7) is 32.4. The molecule has 0 unspecified atom stereocenters. The molecular weight excluding hydrogens is 863 g/mol. The normalized spacial score (nSPS) is 13.6. The Morgan fingerprint density at radius 2 is 0.859 bits per heavy atom. The Balaban J connectivity index is 1.14. The lowest BCUT2D eigenvalue weighted by Gasteiger charge is -2.26. The van der Waals surface area contributed by atoms with Crippen LogP contribution in [0.2, 0.25) is 0 Å². The number of para-hydroxylation sites is 2. The third kappa shape index (κ3) is 6.28. The minimum atomic E-state index is -0.0815. The SMILES string of the molecule is CC(C)c1ccc(N(c2ccc3c4cc(C(C)(C)C)cc5c6cc7c(cc6n(c3c2)c45)c2cc(C(C)(C)C)cc3c4cc(C(C)(C)C)ccc4n7c32)c2cccc3c2oc2c(C(C)(C)C)cccc23)cc1. The van der Waals surface area contributed by atoms with Crippen LogP contribution in [0.25, 0.3) is 98.1 Å². The van der Waals surface area contributed by atoms with E-state index < -0.39 is 0 Å². The van der Waals surface area contributed by atoms with Gasteiger partial charge >= 0.3 is 0 Å². The first-order chi connectivity index (χ1) is 33.6. The zero-order valence-corrected chi connectivity index (χ0v) is 44.0. The molecule has 0 aliphatic carbocycles. The van der Waals surface area contributed by atoms with E-state index in [1.54, 1.807) is 0 Å². The monoisotopic (exact) mass is 928 g/mol. The van der Waals surface area contributed by atoms with Crippen molar-refractivity contribution in [1.29, 1.82) is 0 Å². The lowest BCUT2D eigenvalue weighted by molar-refractivity contribution is 0.573. The van der Waals surface area contributed by atoms with Gasteiger partial charge in [0.2, 0.25) is 0 Å². The number of nitrogens with zero attached hydrogens (tertiary/aromatic N) is 3. The molecule has 0 fully saturated rings. The molecule has 13 rings (SSSR count). The van der Waals surface area contributed by atoms with Crippen LogP contribution in [0.3, 0.4) is 0 Å². The number of fused-ring (bicyclic) bond motifs is 15. The maximum atomic E-state index is 7.12. The van der Waals surface area contributed by atoms with Crippen molar-refractivity contribution in [1.82, 2.24) is 8.80 Å². The zero-order chi connectivity index (χ0) is 49.6. The van der Waals surface area contributed by atoms with E-state index in [-0.39, 0.29) is 21.7 Å². The summed E-state index contributed by atoms with van der Waals surface area (Å²) in [5.41, 5.74) is 19.1. The quantitative estimate of drug-likeness (QED) is 0.176. The van der Waals surface area contributed by atoms with Crippen LogP contribution in [0.15, 0.2) is 138 Å². The highest BCUT2D eigenvalue weighted by molar-refractivity contribution is 6.29. The highest BCUT2D eigenvalue weighted by atomic mass is 16.3. The molecule has 0 saturated heterocycles. The molecule has 0 radical (unpaired) electrons. The number of hydrogen-bond acceptors (Lipinski definition) is 2. The number of anilines is 3. The van der Waals surface area contributed by atoms with Crippen LogP contribution >= 0.6 is 0 Å². The summed E-state index contributed by atoms with van der Waals surface area (Å²) in [4.78, 5) is 2.42. The van der Waals surface area contributed by atoms with Crippen LogP contribution in [-0.2, 0) is 21.7 Å². The topological polar surface area (TPSA) is 25.2 Å². The first-order valence-electron chi connectivity index (χ1n) is 25.9. The minimum Gasteiger partial charge on any atom is -0.454 e. The van der Waals surface area contributed by atoms with E-state index in [2.05, 4.69) is 244 Å². The van der Waals surface area contributed by atoms with Crippen molar-refractivity contribution in [2.75, 3.05) is 4.90 Å². The van der Waals surface area contributed by atoms with E-state index in [1.165, 1.54) is 104 Å². The van der Waals surface area contributed by atoms with Crippen molar-refractivity contribution in [2.45, 2.75) is 125 Å². The van der Waals surface area contributed by atoms with Gasteiger partial charge in [-0.15, -0.1) is 0 Å². The summed E-state index contributed by atoms with van der Waals surface area (Å²) < 4.78 is 12.3. The summed E-state index contributed by atoms with van der Waals surface area (Å²) in [5.74, 6) is 0.422. The standard InChI is InChI=1S/C67H65N3O/c1-37(2)38-21-24-42(25-22-38)68(56-20-16-18-46-45-17-15-19-54(67(12,13)14)62(45)71-63(46)56)43-26-27-44-50-30-40(65(6,7)8)32-52-49-35-58-48(36-59(49)70(60(50)52)57(44)34-43)53-33-41(66(9,10)11)31-51-47-29-39(64(3,4)5)23-28-55(47)69(58)61(51)53/h15-37H,1-14H3. The van der Waals surface area contributed by atoms with Gasteiger partial charge in [-0.1, -0.05) is 152 Å². The van der Waals surface area contributed by atoms with E-state index >= 15 is 0 Å². The summed E-state index contributed by atoms with van der Waals surface area (Å²) in [5, 5.41) is 12.7. The molecule has 0 aliphatic rings. The molecule has 4 nitrogen and oxygen atoms in total. The number of aromatic nitrogens is 2. The number of furan rings is 1. The van der Waals surface area contributed by atoms with Crippen LogP contribution in [0.5, 0.6) is 0 Å². The van der Waals surface area contributed by atoms with Gasteiger partial charge in [0.1, 0.15) is 5.58 Å². The van der Waals surface area contributed by atoms with Crippen LogP contribution in [0, 0.1) is 0 Å². The maximum absolute atomic E-state index is 7.12. The van der Waals surface area contributed by atoms with E-state index in [9.17, 15) is 0 Å². The molecule has 0 N–H and O–H groups in total. The Hall–Kier alpha value is -7.04. The molecule has 0 amide bonds. The van der Waals surface area contributed by atoms with Crippen molar-refractivity contribution in [3.8, 4) is 0 Å².